The molecule has 1 amide bonds. The van der Waals surface area contributed by atoms with Crippen LogP contribution in [0.2, 0.25) is 0 Å². The number of fused-ring (bicyclic) bond motifs is 1. The Kier molecular flexibility index (Phi) is 4.41. The van der Waals surface area contributed by atoms with Crippen LogP contribution in [0.4, 0.5) is 13.2 Å². The number of aromatic nitrogens is 3. The Bertz CT molecular complexity index is 981. The Balaban J connectivity index is 1.68. The van der Waals surface area contributed by atoms with E-state index in [9.17, 15) is 18.0 Å². The van der Waals surface area contributed by atoms with E-state index in [1.807, 2.05) is 11.4 Å². The van der Waals surface area contributed by atoms with Crippen LogP contribution in [0.1, 0.15) is 45.5 Å². The van der Waals surface area contributed by atoms with E-state index >= 15 is 0 Å². The number of nitrogens with zero attached hydrogens (tertiary/aromatic N) is 4. The van der Waals surface area contributed by atoms with Crippen LogP contribution in [0.3, 0.4) is 0 Å². The van der Waals surface area contributed by atoms with Gasteiger partial charge in [-0.3, -0.25) is 4.79 Å². The summed E-state index contributed by atoms with van der Waals surface area (Å²) in [7, 11) is 0. The van der Waals surface area contributed by atoms with Gasteiger partial charge in [-0.25, -0.2) is 9.50 Å². The van der Waals surface area contributed by atoms with Gasteiger partial charge in [0.2, 0.25) is 0 Å². The number of carbonyl (C=O) groups excluding carboxylic acids is 1. The summed E-state index contributed by atoms with van der Waals surface area (Å²) in [6, 6.07) is 6.18. The lowest BCUT2D eigenvalue weighted by atomic mass is 9.94. The van der Waals surface area contributed by atoms with Gasteiger partial charge < -0.3 is 4.90 Å². The highest BCUT2D eigenvalue weighted by molar-refractivity contribution is 7.12. The zero-order chi connectivity index (χ0) is 19.2. The molecule has 0 aromatic carbocycles. The molecule has 27 heavy (non-hydrogen) atoms. The predicted octanol–water partition coefficient (Wildman–Crippen LogP) is 4.14. The fourth-order valence-corrected chi connectivity index (χ4v) is 4.17. The summed E-state index contributed by atoms with van der Waals surface area (Å²) in [4.78, 5) is 19.4. The number of likely N-dealkylation sites (tertiary alicyclic amines) is 1. The van der Waals surface area contributed by atoms with E-state index in [4.69, 9.17) is 0 Å². The first-order valence-corrected chi connectivity index (χ1v) is 9.48. The first-order chi connectivity index (χ1) is 12.8. The number of hydrogen-bond acceptors (Lipinski definition) is 4. The Labute approximate surface area is 157 Å². The molecule has 3 aromatic heterocycles. The second-order valence-corrected chi connectivity index (χ2v) is 7.64. The number of carbonyl (C=O) groups is 1. The van der Waals surface area contributed by atoms with Gasteiger partial charge in [-0.2, -0.15) is 18.3 Å². The maximum absolute atomic E-state index is 13.5. The van der Waals surface area contributed by atoms with Crippen molar-refractivity contribution in [2.45, 2.75) is 31.9 Å². The number of thiophene rings is 1. The molecular formula is C18H17F3N4OS. The molecule has 3 aromatic rings. The van der Waals surface area contributed by atoms with E-state index < -0.39 is 11.9 Å². The first-order valence-electron chi connectivity index (χ1n) is 8.60. The smallest absolute Gasteiger partial charge is 0.337 e. The zero-order valence-electron chi connectivity index (χ0n) is 14.5. The summed E-state index contributed by atoms with van der Waals surface area (Å²) in [6.45, 7) is 2.61. The number of halogens is 3. The number of amides is 1. The van der Waals surface area contributed by atoms with Gasteiger partial charge >= 0.3 is 6.18 Å². The normalized spacial score (nSPS) is 18.2. The van der Waals surface area contributed by atoms with E-state index in [0.29, 0.717) is 35.8 Å². The molecule has 0 bridgehead atoms. The lowest BCUT2D eigenvalue weighted by Gasteiger charge is -2.32. The fourth-order valence-electron chi connectivity index (χ4n) is 3.48. The van der Waals surface area contributed by atoms with E-state index in [-0.39, 0.29) is 17.5 Å². The predicted molar refractivity (Wildman–Crippen MR) is 94.9 cm³/mol. The number of aryl methyl sites for hydroxylation is 1. The second-order valence-electron chi connectivity index (χ2n) is 6.69. The summed E-state index contributed by atoms with van der Waals surface area (Å²) < 4.78 is 41.4. The monoisotopic (exact) mass is 394 g/mol. The summed E-state index contributed by atoms with van der Waals surface area (Å²) in [5, 5.41) is 5.75. The molecule has 1 saturated heterocycles. The quantitative estimate of drug-likeness (QED) is 0.657. The lowest BCUT2D eigenvalue weighted by Crippen LogP contribution is -2.39. The standard InChI is InChI=1S/C18H17F3N4OS/c1-11-8-16-22-13(9-15(18(19,20)21)25(16)23-11)12-4-2-6-24(10-12)17(26)14-5-3-7-27-14/h3,5,7-9,12H,2,4,6,10H2,1H3/t12-/m0/s1. The first kappa shape index (κ1) is 18.0. The Hall–Kier alpha value is -2.42. The van der Waals surface area contributed by atoms with Gasteiger partial charge in [0, 0.05) is 30.8 Å². The maximum Gasteiger partial charge on any atom is 0.433 e. The van der Waals surface area contributed by atoms with E-state index in [0.717, 1.165) is 17.0 Å². The van der Waals surface area contributed by atoms with Crippen LogP contribution in [-0.4, -0.2) is 38.5 Å². The highest BCUT2D eigenvalue weighted by Crippen LogP contribution is 2.34. The number of alkyl halides is 3. The Morgan fingerprint density at radius 1 is 1.33 bits per heavy atom. The second kappa shape index (κ2) is 6.63. The van der Waals surface area contributed by atoms with Crippen LogP contribution in [0.25, 0.3) is 5.65 Å². The lowest BCUT2D eigenvalue weighted by molar-refractivity contribution is -0.142. The number of rotatable bonds is 2. The molecule has 1 atom stereocenters. The van der Waals surface area contributed by atoms with E-state index in [1.54, 1.807) is 17.9 Å². The van der Waals surface area contributed by atoms with Gasteiger partial charge in [-0.15, -0.1) is 11.3 Å². The third-order valence-electron chi connectivity index (χ3n) is 4.72. The van der Waals surface area contributed by atoms with Crippen LogP contribution in [0, 0.1) is 6.92 Å². The molecule has 0 N–H and O–H groups in total. The summed E-state index contributed by atoms with van der Waals surface area (Å²) >= 11 is 1.36. The molecule has 1 aliphatic rings. The van der Waals surface area contributed by atoms with Crippen molar-refractivity contribution < 1.29 is 18.0 Å². The van der Waals surface area contributed by atoms with E-state index in [2.05, 4.69) is 10.1 Å². The Morgan fingerprint density at radius 2 is 2.15 bits per heavy atom. The molecule has 5 nitrogen and oxygen atoms in total. The van der Waals surface area contributed by atoms with Crippen molar-refractivity contribution in [3.63, 3.8) is 0 Å². The average Bonchev–Trinajstić information content (AvgIpc) is 3.28. The molecule has 0 radical (unpaired) electrons. The summed E-state index contributed by atoms with van der Waals surface area (Å²) in [5.74, 6) is -0.309. The third kappa shape index (κ3) is 3.43. The van der Waals surface area contributed by atoms with Crippen LogP contribution >= 0.6 is 11.3 Å². The van der Waals surface area contributed by atoms with Crippen LogP contribution in [0.15, 0.2) is 29.6 Å². The number of piperidine rings is 1. The van der Waals surface area contributed by atoms with Gasteiger partial charge in [0.1, 0.15) is 5.69 Å². The third-order valence-corrected chi connectivity index (χ3v) is 5.58. The SMILES string of the molecule is Cc1cc2nc([C@H]3CCCN(C(=O)c4cccs4)C3)cc(C(F)(F)F)n2n1. The molecule has 0 spiro atoms. The van der Waals surface area contributed by atoms with Crippen molar-refractivity contribution in [1.82, 2.24) is 19.5 Å². The van der Waals surface area contributed by atoms with Gasteiger partial charge in [0.15, 0.2) is 5.65 Å². The largest absolute Gasteiger partial charge is 0.433 e. The molecular weight excluding hydrogens is 377 g/mol. The van der Waals surface area contributed by atoms with Crippen molar-refractivity contribution in [2.24, 2.45) is 0 Å². The van der Waals surface area contributed by atoms with Crippen LogP contribution < -0.4 is 0 Å². The molecule has 0 saturated carbocycles. The summed E-state index contributed by atoms with van der Waals surface area (Å²) in [6.07, 6.45) is -3.11. The fraction of sp³-hybridized carbons (Fsp3) is 0.389. The maximum atomic E-state index is 13.5. The minimum atomic E-state index is -4.53. The van der Waals surface area contributed by atoms with Gasteiger partial charge in [0.25, 0.3) is 5.91 Å². The Morgan fingerprint density at radius 3 is 2.85 bits per heavy atom. The molecule has 142 valence electrons. The molecule has 1 aliphatic heterocycles. The molecule has 0 unspecified atom stereocenters. The summed E-state index contributed by atoms with van der Waals surface area (Å²) in [5.41, 5.74) is 0.179. The molecule has 0 aliphatic carbocycles. The molecule has 4 heterocycles. The van der Waals surface area contributed by atoms with Crippen LogP contribution in [-0.2, 0) is 6.18 Å². The van der Waals surface area contributed by atoms with E-state index in [1.165, 1.54) is 17.4 Å². The zero-order valence-corrected chi connectivity index (χ0v) is 15.3. The minimum Gasteiger partial charge on any atom is -0.337 e. The van der Waals surface area contributed by atoms with Crippen molar-refractivity contribution in [1.29, 1.82) is 0 Å². The van der Waals surface area contributed by atoms with Crippen LogP contribution in [0.5, 0.6) is 0 Å². The van der Waals surface area contributed by atoms with Crippen molar-refractivity contribution in [2.75, 3.05) is 13.1 Å². The van der Waals surface area contributed by atoms with Crippen molar-refractivity contribution in [3.05, 3.63) is 51.6 Å². The average molecular weight is 394 g/mol. The minimum absolute atomic E-state index is 0.0768. The van der Waals surface area contributed by atoms with Crippen molar-refractivity contribution >= 4 is 22.9 Å². The van der Waals surface area contributed by atoms with Gasteiger partial charge in [-0.05, 0) is 37.3 Å². The molecule has 4 rings (SSSR count). The van der Waals surface area contributed by atoms with Gasteiger partial charge in [-0.1, -0.05) is 6.07 Å². The number of hydrogen-bond donors (Lipinski definition) is 0. The molecule has 9 heteroatoms. The molecule has 1 fully saturated rings. The highest BCUT2D eigenvalue weighted by atomic mass is 32.1. The topological polar surface area (TPSA) is 50.5 Å². The van der Waals surface area contributed by atoms with Crippen molar-refractivity contribution in [3.8, 4) is 0 Å². The van der Waals surface area contributed by atoms with Gasteiger partial charge in [0.05, 0.1) is 10.6 Å². The highest BCUT2D eigenvalue weighted by Gasteiger charge is 2.36.